The number of carbonyl (C=O) groups excluding carboxylic acids is 5. The van der Waals surface area contributed by atoms with Crippen molar-refractivity contribution in [1.29, 1.82) is 0 Å². The zero-order valence-electron chi connectivity index (χ0n) is 27.5. The quantitative estimate of drug-likeness (QED) is 0.117. The molecule has 5 atom stereocenters. The third-order valence-electron chi connectivity index (χ3n) is 7.97. The smallest absolute Gasteiger partial charge is 0.340 e. The van der Waals surface area contributed by atoms with Gasteiger partial charge >= 0.3 is 29.8 Å². The van der Waals surface area contributed by atoms with Gasteiger partial charge in [-0.25, -0.2) is 24.0 Å². The van der Waals surface area contributed by atoms with Crippen molar-refractivity contribution in [1.82, 2.24) is 0 Å². The van der Waals surface area contributed by atoms with Crippen LogP contribution in [0.2, 0.25) is 0 Å². The van der Waals surface area contributed by atoms with E-state index in [2.05, 4.69) is 0 Å². The van der Waals surface area contributed by atoms with Crippen molar-refractivity contribution < 1.29 is 52.4 Å². The van der Waals surface area contributed by atoms with Crippen molar-refractivity contribution in [3.8, 4) is 0 Å². The Bertz CT molecular complexity index is 1970. The maximum absolute atomic E-state index is 13.7. The largest absolute Gasteiger partial charge is 0.459 e. The molecule has 1 saturated heterocycles. The van der Waals surface area contributed by atoms with Gasteiger partial charge in [-0.2, -0.15) is 0 Å². The lowest BCUT2D eigenvalue weighted by Crippen LogP contribution is -2.63. The molecule has 1 aliphatic heterocycles. The van der Waals surface area contributed by atoms with Crippen LogP contribution in [-0.4, -0.2) is 67.2 Å². The average molecular weight is 701 g/mol. The molecule has 1 heterocycles. The van der Waals surface area contributed by atoms with E-state index in [1.54, 1.807) is 103 Å². The van der Waals surface area contributed by atoms with Crippen LogP contribution in [0.3, 0.4) is 0 Å². The molecule has 0 radical (unpaired) electrons. The molecule has 0 N–H and O–H groups in total. The second-order valence-electron chi connectivity index (χ2n) is 11.5. The van der Waals surface area contributed by atoms with Crippen LogP contribution < -0.4 is 0 Å². The Labute approximate surface area is 298 Å². The van der Waals surface area contributed by atoms with Crippen molar-refractivity contribution in [2.45, 2.75) is 30.7 Å². The number of hydrogen-bond acceptors (Lipinski definition) is 11. The molecule has 0 amide bonds. The Morgan fingerprint density at radius 3 is 1.08 bits per heavy atom. The maximum Gasteiger partial charge on any atom is 0.340 e. The molecule has 6 rings (SSSR count). The summed E-state index contributed by atoms with van der Waals surface area (Å²) in [5.41, 5.74) is 0.762. The third kappa shape index (κ3) is 8.76. The molecule has 11 nitrogen and oxygen atoms in total. The fourth-order valence-electron chi connectivity index (χ4n) is 5.37. The van der Waals surface area contributed by atoms with E-state index < -0.39 is 67.2 Å². The van der Waals surface area contributed by atoms with Crippen LogP contribution >= 0.6 is 0 Å². The minimum absolute atomic E-state index is 0.125. The fourth-order valence-corrected chi connectivity index (χ4v) is 5.37. The van der Waals surface area contributed by atoms with E-state index in [1.165, 1.54) is 48.5 Å². The molecule has 1 fully saturated rings. The summed E-state index contributed by atoms with van der Waals surface area (Å²) in [6.07, 6.45) is -8.07. The zero-order chi connectivity index (χ0) is 36.3. The highest BCUT2D eigenvalue weighted by atomic mass is 16.7. The van der Waals surface area contributed by atoms with Crippen molar-refractivity contribution in [3.63, 3.8) is 0 Å². The molecule has 262 valence electrons. The van der Waals surface area contributed by atoms with Crippen LogP contribution in [0.25, 0.3) is 0 Å². The standard InChI is InChI=1S/C41H32O11/c42-36(27-16-6-1-7-17-27)47-26-32-33(49-37(43)28-18-8-2-9-19-28)34(50-38(44)29-20-10-3-11-21-29)35(51-39(45)30-22-12-4-13-23-30)41(48-32)52-40(46)31-24-14-5-15-25-31/h1-25,32-35,41H,26H2/t32?,33-,34+,35?,41-/m1/s1. The normalized spacial score (nSPS) is 19.3. The van der Waals surface area contributed by atoms with E-state index >= 15 is 0 Å². The summed E-state index contributed by atoms with van der Waals surface area (Å²) in [6, 6.07) is 40.0. The van der Waals surface area contributed by atoms with Gasteiger partial charge in [-0.3, -0.25) is 0 Å². The highest BCUT2D eigenvalue weighted by molar-refractivity contribution is 5.92. The zero-order valence-corrected chi connectivity index (χ0v) is 27.5. The Morgan fingerprint density at radius 2 is 0.692 bits per heavy atom. The van der Waals surface area contributed by atoms with Crippen molar-refractivity contribution in [2.24, 2.45) is 0 Å². The molecule has 0 spiro atoms. The number of benzene rings is 5. The number of hydrogen-bond donors (Lipinski definition) is 0. The van der Waals surface area contributed by atoms with Crippen LogP contribution in [0.5, 0.6) is 0 Å². The number of carbonyl (C=O) groups is 5. The first-order valence-corrected chi connectivity index (χ1v) is 16.3. The monoisotopic (exact) mass is 700 g/mol. The van der Waals surface area contributed by atoms with E-state index in [0.717, 1.165) is 0 Å². The Balaban J connectivity index is 1.41. The van der Waals surface area contributed by atoms with E-state index in [1.807, 2.05) is 0 Å². The number of esters is 5. The molecule has 5 aromatic carbocycles. The van der Waals surface area contributed by atoms with Crippen LogP contribution in [0.4, 0.5) is 0 Å². The van der Waals surface area contributed by atoms with Crippen LogP contribution in [-0.2, 0) is 28.4 Å². The van der Waals surface area contributed by atoms with Gasteiger partial charge in [-0.15, -0.1) is 0 Å². The van der Waals surface area contributed by atoms with Crippen LogP contribution in [0.1, 0.15) is 51.8 Å². The third-order valence-corrected chi connectivity index (χ3v) is 7.97. The van der Waals surface area contributed by atoms with Gasteiger partial charge in [0, 0.05) is 0 Å². The first-order chi connectivity index (χ1) is 25.4. The summed E-state index contributed by atoms with van der Waals surface area (Å²) < 4.78 is 35.5. The van der Waals surface area contributed by atoms with Gasteiger partial charge in [0.2, 0.25) is 12.4 Å². The predicted octanol–water partition coefficient (Wildman–Crippen LogP) is 6.10. The second kappa shape index (κ2) is 16.9. The molecule has 11 heteroatoms. The summed E-state index contributed by atoms with van der Waals surface area (Å²) in [7, 11) is 0. The fraction of sp³-hybridized carbons (Fsp3) is 0.146. The minimum Gasteiger partial charge on any atom is -0.459 e. The van der Waals surface area contributed by atoms with Crippen molar-refractivity contribution >= 4 is 29.8 Å². The molecular weight excluding hydrogens is 668 g/mol. The number of rotatable bonds is 11. The SMILES string of the molecule is O=C(OCC1O[C@H](OC(=O)c2ccccc2)C(OC(=O)c2ccccc2)[C@@H](OC(=O)c2ccccc2)[C@@H]1OC(=O)c1ccccc1)c1ccccc1. The Kier molecular flexibility index (Phi) is 11.4. The Morgan fingerprint density at radius 1 is 0.385 bits per heavy atom. The van der Waals surface area contributed by atoms with Gasteiger partial charge in [0.05, 0.1) is 27.8 Å². The first-order valence-electron chi connectivity index (χ1n) is 16.3. The van der Waals surface area contributed by atoms with Crippen LogP contribution in [0.15, 0.2) is 152 Å². The van der Waals surface area contributed by atoms with E-state index in [4.69, 9.17) is 28.4 Å². The van der Waals surface area contributed by atoms with Crippen molar-refractivity contribution in [2.75, 3.05) is 6.61 Å². The van der Waals surface area contributed by atoms with E-state index in [-0.39, 0.29) is 27.8 Å². The molecule has 0 aliphatic carbocycles. The lowest BCUT2D eigenvalue weighted by atomic mass is 9.97. The molecule has 0 aromatic heterocycles. The summed E-state index contributed by atoms with van der Waals surface area (Å²) in [6.45, 7) is -0.557. The average Bonchev–Trinajstić information content (AvgIpc) is 3.20. The van der Waals surface area contributed by atoms with Gasteiger partial charge in [-0.05, 0) is 60.7 Å². The van der Waals surface area contributed by atoms with Gasteiger partial charge < -0.3 is 28.4 Å². The van der Waals surface area contributed by atoms with Crippen molar-refractivity contribution in [3.05, 3.63) is 179 Å². The molecule has 52 heavy (non-hydrogen) atoms. The topological polar surface area (TPSA) is 141 Å². The highest BCUT2D eigenvalue weighted by Gasteiger charge is 2.54. The summed E-state index contributed by atoms with van der Waals surface area (Å²) >= 11 is 0. The summed E-state index contributed by atoms with van der Waals surface area (Å²) in [5.74, 6) is -4.19. The second-order valence-corrected chi connectivity index (χ2v) is 11.5. The van der Waals surface area contributed by atoms with E-state index in [0.29, 0.717) is 0 Å². The minimum atomic E-state index is -1.75. The molecule has 0 bridgehead atoms. The van der Waals surface area contributed by atoms with Crippen LogP contribution in [0, 0.1) is 0 Å². The van der Waals surface area contributed by atoms with Gasteiger partial charge in [0.25, 0.3) is 0 Å². The predicted molar refractivity (Wildman–Crippen MR) is 184 cm³/mol. The first kappa shape index (κ1) is 35.2. The van der Waals surface area contributed by atoms with Gasteiger partial charge in [0.1, 0.15) is 12.7 Å². The Hall–Kier alpha value is -6.59. The lowest BCUT2D eigenvalue weighted by molar-refractivity contribution is -0.282. The highest BCUT2D eigenvalue weighted by Crippen LogP contribution is 2.32. The van der Waals surface area contributed by atoms with Gasteiger partial charge in [0.15, 0.2) is 12.2 Å². The summed E-state index contributed by atoms with van der Waals surface area (Å²) in [5, 5.41) is 0. The maximum atomic E-state index is 13.7. The molecule has 5 aromatic rings. The van der Waals surface area contributed by atoms with Gasteiger partial charge in [-0.1, -0.05) is 91.0 Å². The summed E-state index contributed by atoms with van der Waals surface area (Å²) in [4.78, 5) is 67.4. The molecule has 0 saturated carbocycles. The lowest BCUT2D eigenvalue weighted by Gasteiger charge is -2.43. The molecular formula is C41H32O11. The molecule has 1 aliphatic rings. The van der Waals surface area contributed by atoms with E-state index in [9.17, 15) is 24.0 Å². The molecule has 2 unspecified atom stereocenters. The number of ether oxygens (including phenoxy) is 6.